The van der Waals surface area contributed by atoms with Gasteiger partial charge in [0.25, 0.3) is 0 Å². The maximum atomic E-state index is 9.75. The minimum absolute atomic E-state index is 0.958. The van der Waals surface area contributed by atoms with E-state index in [0.29, 0.717) is 0 Å². The van der Waals surface area contributed by atoms with E-state index in [-0.39, 0.29) is 0 Å². The quantitative estimate of drug-likeness (QED) is 0.0225. The highest BCUT2D eigenvalue weighted by molar-refractivity contribution is 5.87. The number of allylic oxidation sites excluding steroid dienone is 2. The lowest BCUT2D eigenvalue weighted by Crippen LogP contribution is -2.03. The van der Waals surface area contributed by atoms with Crippen molar-refractivity contribution in [2.75, 3.05) is 0 Å². The normalized spacial score (nSPS) is 11.7. The first-order valence-corrected chi connectivity index (χ1v) is 23.9. The molecule has 0 N–H and O–H groups in total. The number of unbranched alkanes of at least 4 members (excludes halogenated alkanes) is 21. The molecule has 0 unspecified atom stereocenters. The van der Waals surface area contributed by atoms with E-state index in [1.54, 1.807) is 0 Å². The van der Waals surface area contributed by atoms with Crippen LogP contribution in [0.1, 0.15) is 248 Å². The third-order valence-electron chi connectivity index (χ3n) is 11.7. The Balaban J connectivity index is 2.59. The third-order valence-corrected chi connectivity index (χ3v) is 11.7. The van der Waals surface area contributed by atoms with Gasteiger partial charge in [0.05, 0.1) is 5.57 Å². The van der Waals surface area contributed by atoms with Crippen molar-refractivity contribution in [1.82, 2.24) is 0 Å². The lowest BCUT2D eigenvalue weighted by Gasteiger charge is -2.20. The van der Waals surface area contributed by atoms with Gasteiger partial charge in [-0.2, -0.15) is 0 Å². The topological polar surface area (TPSA) is 36.4 Å². The summed E-state index contributed by atoms with van der Waals surface area (Å²) in [7, 11) is 0. The van der Waals surface area contributed by atoms with Gasteiger partial charge in [-0.25, -0.2) is 0 Å². The summed E-state index contributed by atoms with van der Waals surface area (Å²) in [5, 5.41) is 0. The van der Waals surface area contributed by atoms with Gasteiger partial charge in [-0.1, -0.05) is 206 Å². The lowest BCUT2D eigenvalue weighted by molar-refractivity contribution is 0.00752. The summed E-state index contributed by atoms with van der Waals surface area (Å²) in [6.45, 7) is 13.6. The van der Waals surface area contributed by atoms with Crippen molar-refractivity contribution in [2.24, 2.45) is 0 Å². The summed E-state index contributed by atoms with van der Waals surface area (Å²) in [5.41, 5.74) is 22.0. The SMILES string of the molecule is CCCCCCCCCCCc1cc(CCCCCCCCCCC)cc(C(=C(CCCC)C(C)=C=[N+]=[N-])c2cc(CCCCC)cc(CCCCC)c2)c1. The Morgan fingerprint density at radius 1 is 0.418 bits per heavy atom. The fraction of sp³-hybridized carbons (Fsp3) is 0.698. The maximum Gasteiger partial charge on any atom is 0.303 e. The molecule has 2 rings (SSSR count). The summed E-state index contributed by atoms with van der Waals surface area (Å²) < 4.78 is 0. The Morgan fingerprint density at radius 3 is 1.04 bits per heavy atom. The van der Waals surface area contributed by atoms with Crippen LogP contribution in [0.25, 0.3) is 11.1 Å². The maximum absolute atomic E-state index is 9.75. The molecule has 0 heterocycles. The summed E-state index contributed by atoms with van der Waals surface area (Å²) in [4.78, 5) is 3.45. The molecule has 0 aliphatic carbocycles. The minimum Gasteiger partial charge on any atom is -0.348 e. The molecule has 0 saturated carbocycles. The minimum atomic E-state index is 0.958. The zero-order valence-electron chi connectivity index (χ0n) is 37.3. The van der Waals surface area contributed by atoms with Crippen molar-refractivity contribution >= 4 is 11.4 Å². The van der Waals surface area contributed by atoms with Gasteiger partial charge < -0.3 is 5.53 Å². The van der Waals surface area contributed by atoms with E-state index < -0.39 is 0 Å². The summed E-state index contributed by atoms with van der Waals surface area (Å²) in [6.07, 6.45) is 39.8. The van der Waals surface area contributed by atoms with Gasteiger partial charge in [-0.3, -0.25) is 0 Å². The number of hydrogen-bond acceptors (Lipinski definition) is 0. The molecule has 0 aliphatic heterocycles. The number of nitrogens with zero attached hydrogens (tertiary/aromatic N) is 2. The standard InChI is InChI=1S/C53H86N2/c1-7-12-17-19-21-23-25-27-31-35-48-39-49(36-32-28-26-24-22-20-18-13-8-2)43-51(42-48)53(52(37-16-11-5)45(6)44-55-54)50-40-46(33-29-14-9-3)38-47(41-50)34-30-15-10-4/h38-43H,7-37H2,1-6H3. The Labute approximate surface area is 342 Å². The van der Waals surface area contributed by atoms with E-state index in [0.717, 1.165) is 50.5 Å². The van der Waals surface area contributed by atoms with Crippen LogP contribution in [0.3, 0.4) is 0 Å². The zero-order valence-corrected chi connectivity index (χ0v) is 37.3. The number of aryl methyl sites for hydroxylation is 4. The molecule has 0 bridgehead atoms. The van der Waals surface area contributed by atoms with Crippen LogP contribution in [0.5, 0.6) is 0 Å². The highest BCUT2D eigenvalue weighted by Gasteiger charge is 2.18. The predicted octanol–water partition coefficient (Wildman–Crippen LogP) is 17.1. The van der Waals surface area contributed by atoms with E-state index in [9.17, 15) is 5.53 Å². The molecule has 0 radical (unpaired) electrons. The average Bonchev–Trinajstić information content (AvgIpc) is 3.18. The molecule has 2 aromatic rings. The highest BCUT2D eigenvalue weighted by atomic mass is 14.8. The summed E-state index contributed by atoms with van der Waals surface area (Å²) >= 11 is 0. The molecule has 2 aromatic carbocycles. The molecule has 2 heteroatoms. The van der Waals surface area contributed by atoms with Crippen LogP contribution >= 0.6 is 0 Å². The Morgan fingerprint density at radius 2 is 0.709 bits per heavy atom. The lowest BCUT2D eigenvalue weighted by atomic mass is 9.83. The van der Waals surface area contributed by atoms with E-state index in [1.165, 1.54) is 199 Å². The van der Waals surface area contributed by atoms with Crippen LogP contribution in [-0.2, 0) is 25.7 Å². The average molecular weight is 751 g/mol. The number of rotatable bonds is 34. The van der Waals surface area contributed by atoms with E-state index in [4.69, 9.17) is 0 Å². The van der Waals surface area contributed by atoms with E-state index in [2.05, 4.69) is 88.6 Å². The third kappa shape index (κ3) is 21.4. The molecule has 0 fully saturated rings. The Bertz CT molecular complexity index is 1330. The van der Waals surface area contributed by atoms with Gasteiger partial charge in [0.1, 0.15) is 0 Å². The van der Waals surface area contributed by atoms with Crippen molar-refractivity contribution in [3.63, 3.8) is 0 Å². The van der Waals surface area contributed by atoms with Crippen molar-refractivity contribution in [1.29, 1.82) is 0 Å². The van der Waals surface area contributed by atoms with E-state index in [1.807, 2.05) is 0 Å². The second-order valence-corrected chi connectivity index (χ2v) is 16.9. The van der Waals surface area contributed by atoms with Crippen LogP contribution in [0.2, 0.25) is 0 Å². The molecular formula is C53H86N2. The first-order valence-electron chi connectivity index (χ1n) is 23.9. The van der Waals surface area contributed by atoms with Gasteiger partial charge in [0.15, 0.2) is 0 Å². The largest absolute Gasteiger partial charge is 0.348 e. The van der Waals surface area contributed by atoms with Gasteiger partial charge in [-0.15, -0.1) is 4.79 Å². The second-order valence-electron chi connectivity index (χ2n) is 16.9. The summed E-state index contributed by atoms with van der Waals surface area (Å²) in [5.74, 6) is 3.00. The van der Waals surface area contributed by atoms with Gasteiger partial charge in [0, 0.05) is 0 Å². The molecule has 0 aromatic heterocycles. The molecule has 308 valence electrons. The molecule has 0 atom stereocenters. The molecule has 55 heavy (non-hydrogen) atoms. The molecule has 0 aliphatic rings. The molecule has 0 spiro atoms. The fourth-order valence-corrected chi connectivity index (χ4v) is 8.34. The van der Waals surface area contributed by atoms with Crippen LogP contribution in [0.4, 0.5) is 0 Å². The van der Waals surface area contributed by atoms with E-state index >= 15 is 0 Å². The summed E-state index contributed by atoms with van der Waals surface area (Å²) in [6, 6.07) is 15.2. The number of hydrogen-bond donors (Lipinski definition) is 0. The molecular weight excluding hydrogens is 665 g/mol. The highest BCUT2D eigenvalue weighted by Crippen LogP contribution is 2.36. The van der Waals surface area contributed by atoms with Gasteiger partial charge >= 0.3 is 5.87 Å². The van der Waals surface area contributed by atoms with Crippen LogP contribution in [-0.4, -0.2) is 10.7 Å². The first kappa shape index (κ1) is 48.5. The first-order chi connectivity index (χ1) is 27.0. The Kier molecular flexibility index (Phi) is 28.6. The smallest absolute Gasteiger partial charge is 0.303 e. The molecule has 2 nitrogen and oxygen atoms in total. The van der Waals surface area contributed by atoms with Crippen LogP contribution in [0, 0.1) is 0 Å². The second kappa shape index (κ2) is 32.4. The van der Waals surface area contributed by atoms with Gasteiger partial charge in [0.2, 0.25) is 0 Å². The zero-order chi connectivity index (χ0) is 39.8. The monoisotopic (exact) mass is 751 g/mol. The van der Waals surface area contributed by atoms with Crippen LogP contribution in [0.15, 0.2) is 47.5 Å². The van der Waals surface area contributed by atoms with Crippen molar-refractivity contribution in [3.8, 4) is 0 Å². The predicted molar refractivity (Wildman–Crippen MR) is 245 cm³/mol. The van der Waals surface area contributed by atoms with Gasteiger partial charge in [-0.05, 0) is 116 Å². The van der Waals surface area contributed by atoms with Crippen molar-refractivity contribution in [3.05, 3.63) is 86.5 Å². The van der Waals surface area contributed by atoms with Crippen LogP contribution < -0.4 is 0 Å². The molecule has 0 saturated heterocycles. The Hall–Kier alpha value is -2.66. The fourth-order valence-electron chi connectivity index (χ4n) is 8.34. The number of benzene rings is 2. The van der Waals surface area contributed by atoms with Crippen molar-refractivity contribution < 1.29 is 4.79 Å². The van der Waals surface area contributed by atoms with Crippen molar-refractivity contribution in [2.45, 2.75) is 241 Å². The molecule has 0 amide bonds.